The van der Waals surface area contributed by atoms with Crippen molar-refractivity contribution in [3.05, 3.63) is 35.4 Å². The van der Waals surface area contributed by atoms with E-state index in [0.29, 0.717) is 5.92 Å². The summed E-state index contributed by atoms with van der Waals surface area (Å²) in [4.78, 5) is 11.5. The van der Waals surface area contributed by atoms with E-state index in [1.165, 1.54) is 11.1 Å². The smallest absolute Gasteiger partial charge is 0.309 e. The number of rotatable bonds is 0. The maximum absolute atomic E-state index is 11.5. The number of esters is 1. The number of carbonyl (C=O) groups excluding carboxylic acids is 1. The fourth-order valence-corrected chi connectivity index (χ4v) is 2.81. The molecule has 78 valence electrons. The molecule has 1 fully saturated rings. The van der Waals surface area contributed by atoms with Crippen molar-refractivity contribution in [1.29, 1.82) is 0 Å². The summed E-state index contributed by atoms with van der Waals surface area (Å²) in [6, 6.07) is 8.32. The average molecular weight is 202 g/mol. The zero-order valence-electron chi connectivity index (χ0n) is 8.77. The summed E-state index contributed by atoms with van der Waals surface area (Å²) in [6.07, 6.45) is 2.19. The highest BCUT2D eigenvalue weighted by Crippen LogP contribution is 2.46. The third-order valence-electron chi connectivity index (χ3n) is 3.75. The van der Waals surface area contributed by atoms with Crippen LogP contribution in [0.25, 0.3) is 0 Å². The SMILES string of the molecule is CC1C(=O)OC2c3ccccc3CCC12. The Kier molecular flexibility index (Phi) is 1.84. The molecule has 3 rings (SSSR count). The zero-order valence-corrected chi connectivity index (χ0v) is 8.77. The minimum Gasteiger partial charge on any atom is -0.457 e. The molecule has 2 aliphatic rings. The Balaban J connectivity index is 2.05. The van der Waals surface area contributed by atoms with Gasteiger partial charge in [-0.05, 0) is 24.0 Å². The monoisotopic (exact) mass is 202 g/mol. The van der Waals surface area contributed by atoms with E-state index in [-0.39, 0.29) is 18.0 Å². The lowest BCUT2D eigenvalue weighted by Crippen LogP contribution is -2.20. The second-order valence-electron chi connectivity index (χ2n) is 4.55. The van der Waals surface area contributed by atoms with Gasteiger partial charge in [0.2, 0.25) is 0 Å². The number of benzene rings is 1. The van der Waals surface area contributed by atoms with Crippen LogP contribution in [0.3, 0.4) is 0 Å². The first-order valence-electron chi connectivity index (χ1n) is 5.55. The van der Waals surface area contributed by atoms with Crippen molar-refractivity contribution in [3.63, 3.8) is 0 Å². The molecule has 1 saturated heterocycles. The van der Waals surface area contributed by atoms with Gasteiger partial charge in [-0.3, -0.25) is 4.79 Å². The van der Waals surface area contributed by atoms with Gasteiger partial charge in [-0.25, -0.2) is 0 Å². The van der Waals surface area contributed by atoms with E-state index in [0.717, 1.165) is 12.8 Å². The van der Waals surface area contributed by atoms with Crippen LogP contribution in [0, 0.1) is 11.8 Å². The number of carbonyl (C=O) groups is 1. The standard InChI is InChI=1S/C13H14O2/c1-8-10-7-6-9-4-2-3-5-11(9)12(10)15-13(8)14/h2-5,8,10,12H,6-7H2,1H3. The van der Waals surface area contributed by atoms with E-state index < -0.39 is 0 Å². The second-order valence-corrected chi connectivity index (χ2v) is 4.55. The molecule has 1 aliphatic carbocycles. The van der Waals surface area contributed by atoms with Crippen LogP contribution in [0.5, 0.6) is 0 Å². The Labute approximate surface area is 89.2 Å². The van der Waals surface area contributed by atoms with Gasteiger partial charge in [-0.2, -0.15) is 0 Å². The summed E-state index contributed by atoms with van der Waals surface area (Å²) in [6.45, 7) is 1.99. The van der Waals surface area contributed by atoms with Crippen LogP contribution in [-0.4, -0.2) is 5.97 Å². The molecule has 0 N–H and O–H groups in total. The highest BCUT2D eigenvalue weighted by Gasteiger charge is 2.44. The summed E-state index contributed by atoms with van der Waals surface area (Å²) in [5.41, 5.74) is 2.58. The first kappa shape index (κ1) is 8.96. The lowest BCUT2D eigenvalue weighted by Gasteiger charge is -2.27. The fraction of sp³-hybridized carbons (Fsp3) is 0.462. The highest BCUT2D eigenvalue weighted by atomic mass is 16.6. The lowest BCUT2D eigenvalue weighted by molar-refractivity contribution is -0.144. The summed E-state index contributed by atoms with van der Waals surface area (Å²) in [5, 5.41) is 0. The van der Waals surface area contributed by atoms with Crippen LogP contribution in [0.1, 0.15) is 30.6 Å². The molecule has 1 aliphatic heterocycles. The molecule has 3 unspecified atom stereocenters. The molecule has 0 amide bonds. The molecule has 2 nitrogen and oxygen atoms in total. The maximum atomic E-state index is 11.5. The summed E-state index contributed by atoms with van der Waals surface area (Å²) < 4.78 is 5.47. The van der Waals surface area contributed by atoms with Crippen LogP contribution in [0.2, 0.25) is 0 Å². The molecule has 0 spiro atoms. The van der Waals surface area contributed by atoms with Crippen molar-refractivity contribution in [2.45, 2.75) is 25.9 Å². The summed E-state index contributed by atoms with van der Waals surface area (Å²) in [7, 11) is 0. The molecule has 0 radical (unpaired) electrons. The van der Waals surface area contributed by atoms with Crippen molar-refractivity contribution in [1.82, 2.24) is 0 Å². The maximum Gasteiger partial charge on any atom is 0.309 e. The number of ether oxygens (including phenoxy) is 1. The van der Waals surface area contributed by atoms with Crippen molar-refractivity contribution in [3.8, 4) is 0 Å². The van der Waals surface area contributed by atoms with Crippen LogP contribution < -0.4 is 0 Å². The van der Waals surface area contributed by atoms with Crippen molar-refractivity contribution in [2.75, 3.05) is 0 Å². The minimum atomic E-state index is -0.0262. The third-order valence-corrected chi connectivity index (χ3v) is 3.75. The van der Waals surface area contributed by atoms with E-state index in [9.17, 15) is 4.79 Å². The number of hydrogen-bond acceptors (Lipinski definition) is 2. The molecular weight excluding hydrogens is 188 g/mol. The summed E-state index contributed by atoms with van der Waals surface area (Å²) in [5.74, 6) is 0.442. The molecule has 0 aromatic heterocycles. The predicted molar refractivity (Wildman–Crippen MR) is 56.3 cm³/mol. The lowest BCUT2D eigenvalue weighted by atomic mass is 9.77. The van der Waals surface area contributed by atoms with Gasteiger partial charge in [0.1, 0.15) is 6.10 Å². The van der Waals surface area contributed by atoms with Crippen LogP contribution in [-0.2, 0) is 16.0 Å². The number of aryl methyl sites for hydroxylation is 1. The molecule has 1 aromatic rings. The normalized spacial score (nSPS) is 33.1. The molecule has 1 heterocycles. The van der Waals surface area contributed by atoms with Gasteiger partial charge >= 0.3 is 5.97 Å². The first-order chi connectivity index (χ1) is 7.27. The Hall–Kier alpha value is -1.31. The average Bonchev–Trinajstić information content (AvgIpc) is 2.56. The van der Waals surface area contributed by atoms with E-state index in [4.69, 9.17) is 4.74 Å². The van der Waals surface area contributed by atoms with Gasteiger partial charge in [0.15, 0.2) is 0 Å². The number of hydrogen-bond donors (Lipinski definition) is 0. The molecule has 1 aromatic carbocycles. The van der Waals surface area contributed by atoms with Crippen LogP contribution >= 0.6 is 0 Å². The minimum absolute atomic E-state index is 0.0254. The molecule has 3 atom stereocenters. The Morgan fingerprint density at radius 3 is 3.00 bits per heavy atom. The van der Waals surface area contributed by atoms with Gasteiger partial charge in [-0.1, -0.05) is 31.2 Å². The van der Waals surface area contributed by atoms with Crippen molar-refractivity contribution in [2.24, 2.45) is 11.8 Å². The van der Waals surface area contributed by atoms with Gasteiger partial charge in [-0.15, -0.1) is 0 Å². The molecule has 0 bridgehead atoms. The quantitative estimate of drug-likeness (QED) is 0.604. The predicted octanol–water partition coefficient (Wildman–Crippen LogP) is 2.48. The van der Waals surface area contributed by atoms with Crippen LogP contribution in [0.4, 0.5) is 0 Å². The third kappa shape index (κ3) is 1.21. The second kappa shape index (κ2) is 3.09. The Morgan fingerprint density at radius 1 is 1.33 bits per heavy atom. The first-order valence-corrected chi connectivity index (χ1v) is 5.55. The summed E-state index contributed by atoms with van der Waals surface area (Å²) >= 11 is 0. The Bertz CT molecular complexity index is 411. The molecule has 0 saturated carbocycles. The zero-order chi connectivity index (χ0) is 10.4. The van der Waals surface area contributed by atoms with E-state index in [2.05, 4.69) is 18.2 Å². The fourth-order valence-electron chi connectivity index (χ4n) is 2.81. The molecule has 2 heteroatoms. The largest absolute Gasteiger partial charge is 0.457 e. The Morgan fingerprint density at radius 2 is 2.13 bits per heavy atom. The van der Waals surface area contributed by atoms with Gasteiger partial charge in [0.25, 0.3) is 0 Å². The van der Waals surface area contributed by atoms with Gasteiger partial charge in [0.05, 0.1) is 5.92 Å². The van der Waals surface area contributed by atoms with Crippen LogP contribution in [0.15, 0.2) is 24.3 Å². The van der Waals surface area contributed by atoms with Gasteiger partial charge < -0.3 is 4.74 Å². The van der Waals surface area contributed by atoms with E-state index >= 15 is 0 Å². The van der Waals surface area contributed by atoms with E-state index in [1.54, 1.807) is 0 Å². The van der Waals surface area contributed by atoms with E-state index in [1.807, 2.05) is 13.0 Å². The topological polar surface area (TPSA) is 26.3 Å². The van der Waals surface area contributed by atoms with Crippen molar-refractivity contribution >= 4 is 5.97 Å². The van der Waals surface area contributed by atoms with Gasteiger partial charge in [0, 0.05) is 5.92 Å². The highest BCUT2D eigenvalue weighted by molar-refractivity contribution is 5.75. The molecule has 15 heavy (non-hydrogen) atoms. The molecular formula is C13H14O2. The number of fused-ring (bicyclic) bond motifs is 3. The van der Waals surface area contributed by atoms with Crippen molar-refractivity contribution < 1.29 is 9.53 Å².